The van der Waals surface area contributed by atoms with Gasteiger partial charge < -0.3 is 26.6 Å². The number of hydrogen-bond donors (Lipinski definition) is 4. The molecule has 1 saturated heterocycles. The first-order valence-electron chi connectivity index (χ1n) is 7.89. The number of hydrogen-bond acceptors (Lipinski definition) is 9. The van der Waals surface area contributed by atoms with Gasteiger partial charge in [-0.05, 0) is 0 Å². The maximum Gasteiger partial charge on any atom is 0.404 e. The zero-order valence-electron chi connectivity index (χ0n) is 14.5. The number of rotatable bonds is 6. The molecule has 1 fully saturated rings. The molecule has 0 bridgehead atoms. The molecule has 1 aromatic heterocycles. The Kier molecular flexibility index (Phi) is 6.00. The largest absolute Gasteiger partial charge is 0.477 e. The molecule has 1 unspecified atom stereocenters. The lowest BCUT2D eigenvalue weighted by Crippen LogP contribution is -2.70. The molecular formula is C15H14ClN5O6S2. The number of carbonyl (C=O) groups is 4. The van der Waals surface area contributed by atoms with Crippen LogP contribution in [0.15, 0.2) is 22.2 Å². The monoisotopic (exact) mass is 459 g/mol. The van der Waals surface area contributed by atoms with Crippen molar-refractivity contribution in [2.24, 2.45) is 5.73 Å². The Morgan fingerprint density at radius 1 is 1.48 bits per heavy atom. The predicted octanol–water partition coefficient (Wildman–Crippen LogP) is 0.139. The Bertz CT molecular complexity index is 961. The number of thiazole rings is 1. The summed E-state index contributed by atoms with van der Waals surface area (Å²) >= 11 is 8.08. The number of halogens is 1. The molecule has 0 aromatic carbocycles. The van der Waals surface area contributed by atoms with Gasteiger partial charge >= 0.3 is 12.1 Å². The van der Waals surface area contributed by atoms with Crippen molar-refractivity contribution in [1.29, 1.82) is 0 Å². The number of aromatic nitrogens is 1. The van der Waals surface area contributed by atoms with Crippen LogP contribution >= 0.6 is 34.7 Å². The number of carboxylic acids is 1. The molecule has 2 aliphatic heterocycles. The standard InChI is InChI=1S/C15H14ClN5O6S2/c16-1-6(7-4-29-14(17)19-7)10(22)20-8-11(23)21-9(13(24)25)5(2-27-15(18)26)3-28-12(8)21/h1,4,8,12H,2-3H2,(H2,17,19)(H2,18,26)(H,20,22)(H,24,25)/b6-1+/t8?,12-/m1/s1. The van der Waals surface area contributed by atoms with Gasteiger partial charge in [0.15, 0.2) is 5.13 Å². The number of nitrogen functional groups attached to an aromatic ring is 1. The van der Waals surface area contributed by atoms with Gasteiger partial charge in [-0.3, -0.25) is 14.5 Å². The van der Waals surface area contributed by atoms with E-state index in [9.17, 15) is 24.3 Å². The Morgan fingerprint density at radius 2 is 2.21 bits per heavy atom. The summed E-state index contributed by atoms with van der Waals surface area (Å²) in [7, 11) is 0. The summed E-state index contributed by atoms with van der Waals surface area (Å²) in [6, 6.07) is -0.956. The molecule has 2 atom stereocenters. The van der Waals surface area contributed by atoms with E-state index in [1.807, 2.05) is 0 Å². The van der Waals surface area contributed by atoms with Crippen molar-refractivity contribution >= 4 is 69.3 Å². The van der Waals surface area contributed by atoms with Crippen LogP contribution in [-0.2, 0) is 19.1 Å². The van der Waals surface area contributed by atoms with Crippen molar-refractivity contribution in [3.63, 3.8) is 0 Å². The topological polar surface area (TPSA) is 178 Å². The summed E-state index contributed by atoms with van der Waals surface area (Å²) in [5.41, 5.74) is 11.7. The number of ether oxygens (including phenoxy) is 1. The maximum absolute atomic E-state index is 12.6. The molecule has 6 N–H and O–H groups in total. The lowest BCUT2D eigenvalue weighted by molar-refractivity contribution is -0.150. The Balaban J connectivity index is 1.76. The molecule has 3 amide bonds. The number of carbonyl (C=O) groups excluding carboxylic acids is 3. The first-order valence-corrected chi connectivity index (χ1v) is 10.3. The van der Waals surface area contributed by atoms with Crippen molar-refractivity contribution in [3.05, 3.63) is 27.9 Å². The quantitative estimate of drug-likeness (QED) is 0.340. The maximum atomic E-state index is 12.6. The second-order valence-corrected chi connectivity index (χ2v) is 8.03. The van der Waals surface area contributed by atoms with E-state index in [4.69, 9.17) is 23.1 Å². The lowest BCUT2D eigenvalue weighted by atomic mass is 10.0. The molecule has 11 nitrogen and oxygen atoms in total. The van der Waals surface area contributed by atoms with Crippen LogP contribution in [0.25, 0.3) is 5.57 Å². The normalized spacial score (nSPS) is 21.3. The highest BCUT2D eigenvalue weighted by Crippen LogP contribution is 2.40. The number of anilines is 1. The van der Waals surface area contributed by atoms with E-state index in [0.29, 0.717) is 0 Å². The molecule has 1 aromatic rings. The van der Waals surface area contributed by atoms with Crippen LogP contribution < -0.4 is 16.8 Å². The number of nitrogens with zero attached hydrogens (tertiary/aromatic N) is 2. The van der Waals surface area contributed by atoms with Crippen LogP contribution in [-0.4, -0.2) is 62.6 Å². The summed E-state index contributed by atoms with van der Waals surface area (Å²) in [6.07, 6.45) is -1.06. The van der Waals surface area contributed by atoms with Gasteiger partial charge in [0.2, 0.25) is 0 Å². The third kappa shape index (κ3) is 4.02. The highest BCUT2D eigenvalue weighted by atomic mass is 35.5. The van der Waals surface area contributed by atoms with Crippen molar-refractivity contribution in [2.75, 3.05) is 18.1 Å². The van der Waals surface area contributed by atoms with Gasteiger partial charge in [0, 0.05) is 22.2 Å². The molecule has 0 aliphatic carbocycles. The summed E-state index contributed by atoms with van der Waals surface area (Å²) in [6.45, 7) is -0.345. The van der Waals surface area contributed by atoms with Gasteiger partial charge in [0.25, 0.3) is 11.8 Å². The Hall–Kier alpha value is -2.77. The van der Waals surface area contributed by atoms with Gasteiger partial charge in [-0.15, -0.1) is 23.1 Å². The minimum absolute atomic E-state index is 0.0243. The fourth-order valence-corrected chi connectivity index (χ4v) is 4.91. The number of nitrogens with two attached hydrogens (primary N) is 2. The van der Waals surface area contributed by atoms with Crippen LogP contribution in [0.1, 0.15) is 5.69 Å². The predicted molar refractivity (Wildman–Crippen MR) is 106 cm³/mol. The average Bonchev–Trinajstić information content (AvgIpc) is 3.09. The highest BCUT2D eigenvalue weighted by molar-refractivity contribution is 8.00. The third-order valence-corrected chi connectivity index (χ3v) is 6.31. The van der Waals surface area contributed by atoms with Gasteiger partial charge in [0.05, 0.1) is 11.3 Å². The molecule has 14 heteroatoms. The summed E-state index contributed by atoms with van der Waals surface area (Å²) in [4.78, 5) is 52.6. The van der Waals surface area contributed by atoms with Crippen LogP contribution in [0.2, 0.25) is 0 Å². The number of carboxylic acid groups (broad SMARTS) is 1. The van der Waals surface area contributed by atoms with E-state index in [1.165, 1.54) is 11.8 Å². The van der Waals surface area contributed by atoms with E-state index in [2.05, 4.69) is 15.0 Å². The first-order chi connectivity index (χ1) is 13.7. The van der Waals surface area contributed by atoms with Gasteiger partial charge in [-0.25, -0.2) is 14.6 Å². The van der Waals surface area contributed by atoms with E-state index in [0.717, 1.165) is 21.8 Å². The summed E-state index contributed by atoms with van der Waals surface area (Å²) in [5, 5.41) is 13.2. The van der Waals surface area contributed by atoms with Crippen molar-refractivity contribution in [2.45, 2.75) is 11.4 Å². The minimum Gasteiger partial charge on any atom is -0.477 e. The third-order valence-electron chi connectivity index (χ3n) is 4.08. The number of amides is 3. The second-order valence-electron chi connectivity index (χ2n) is 5.82. The SMILES string of the molecule is NC(=O)OCC1=C(C(=O)O)N2C(=O)C(NC(=O)/C(=C/Cl)c3csc(N)n3)[C@H]2SC1. The molecular weight excluding hydrogens is 446 g/mol. The fraction of sp³-hybridized carbons (Fsp3) is 0.267. The van der Waals surface area contributed by atoms with Crippen LogP contribution in [0.5, 0.6) is 0 Å². The molecule has 0 saturated carbocycles. The molecule has 3 heterocycles. The van der Waals surface area contributed by atoms with Crippen molar-refractivity contribution < 1.29 is 29.0 Å². The van der Waals surface area contributed by atoms with Gasteiger partial charge in [0.1, 0.15) is 23.7 Å². The molecule has 29 heavy (non-hydrogen) atoms. The molecule has 2 aliphatic rings. The van der Waals surface area contributed by atoms with E-state index < -0.39 is 35.3 Å². The van der Waals surface area contributed by atoms with Crippen molar-refractivity contribution in [1.82, 2.24) is 15.2 Å². The number of β-lactam (4-membered cyclic amide) rings is 1. The lowest BCUT2D eigenvalue weighted by Gasteiger charge is -2.49. The molecule has 3 rings (SSSR count). The van der Waals surface area contributed by atoms with E-state index in [-0.39, 0.29) is 40.0 Å². The smallest absolute Gasteiger partial charge is 0.404 e. The number of fused-ring (bicyclic) bond motifs is 1. The number of nitrogens with one attached hydrogen (secondary N) is 1. The van der Waals surface area contributed by atoms with Crippen molar-refractivity contribution in [3.8, 4) is 0 Å². The second kappa shape index (κ2) is 8.31. The van der Waals surface area contributed by atoms with Gasteiger partial charge in [-0.1, -0.05) is 11.6 Å². The zero-order valence-corrected chi connectivity index (χ0v) is 16.8. The highest BCUT2D eigenvalue weighted by Gasteiger charge is 2.54. The summed E-state index contributed by atoms with van der Waals surface area (Å²) < 4.78 is 4.65. The van der Waals surface area contributed by atoms with Crippen LogP contribution in [0.3, 0.4) is 0 Å². The average molecular weight is 460 g/mol. The number of thioether (sulfide) groups is 1. The number of primary amides is 1. The first kappa shape index (κ1) is 21.0. The molecule has 0 radical (unpaired) electrons. The van der Waals surface area contributed by atoms with E-state index >= 15 is 0 Å². The molecule has 154 valence electrons. The van der Waals surface area contributed by atoms with Crippen LogP contribution in [0.4, 0.5) is 9.93 Å². The van der Waals surface area contributed by atoms with E-state index in [1.54, 1.807) is 5.38 Å². The minimum atomic E-state index is -1.35. The fourth-order valence-electron chi connectivity index (χ4n) is 2.80. The zero-order chi connectivity index (χ0) is 21.3. The molecule has 0 spiro atoms. The van der Waals surface area contributed by atoms with Crippen LogP contribution in [0, 0.1) is 0 Å². The number of aliphatic carboxylic acids is 1. The Labute approximate surface area is 176 Å². The van der Waals surface area contributed by atoms with Gasteiger partial charge in [-0.2, -0.15) is 0 Å². The Morgan fingerprint density at radius 3 is 2.76 bits per heavy atom. The summed E-state index contributed by atoms with van der Waals surface area (Å²) in [5.74, 6) is -2.43.